The molecule has 3 heterocycles. The average Bonchev–Trinajstić information content (AvgIpc) is 3.03. The molecule has 1 aliphatic carbocycles. The molecule has 6 heteroatoms. The predicted octanol–water partition coefficient (Wildman–Crippen LogP) is 3.68. The number of hydrogen-bond donors (Lipinski definition) is 1. The fourth-order valence-corrected chi connectivity index (χ4v) is 3.63. The lowest BCUT2D eigenvalue weighted by atomic mass is 10.1. The van der Waals surface area contributed by atoms with E-state index in [4.69, 9.17) is 0 Å². The first-order chi connectivity index (χ1) is 11.3. The first kappa shape index (κ1) is 14.5. The van der Waals surface area contributed by atoms with E-state index in [1.54, 1.807) is 17.5 Å². The summed E-state index contributed by atoms with van der Waals surface area (Å²) in [6.45, 7) is 2.38. The van der Waals surface area contributed by atoms with E-state index in [-0.39, 0.29) is 6.03 Å². The second-order valence-electron chi connectivity index (χ2n) is 6.23. The molecule has 2 amide bonds. The molecular formula is C17H20N4OS. The zero-order valence-electron chi connectivity index (χ0n) is 12.9. The van der Waals surface area contributed by atoms with Gasteiger partial charge in [-0.2, -0.15) is 5.10 Å². The molecule has 4 rings (SSSR count). The van der Waals surface area contributed by atoms with Gasteiger partial charge in [0.05, 0.1) is 11.9 Å². The molecule has 2 aliphatic rings. The summed E-state index contributed by atoms with van der Waals surface area (Å²) in [5.41, 5.74) is 2.13. The van der Waals surface area contributed by atoms with Crippen molar-refractivity contribution < 1.29 is 4.79 Å². The highest BCUT2D eigenvalue weighted by atomic mass is 32.1. The molecule has 1 saturated carbocycles. The van der Waals surface area contributed by atoms with E-state index < -0.39 is 0 Å². The second kappa shape index (κ2) is 6.20. The van der Waals surface area contributed by atoms with Gasteiger partial charge in [-0.3, -0.25) is 4.68 Å². The van der Waals surface area contributed by atoms with Gasteiger partial charge >= 0.3 is 6.03 Å². The molecule has 1 N–H and O–H groups in total. The highest BCUT2D eigenvalue weighted by molar-refractivity contribution is 7.11. The average molecular weight is 328 g/mol. The Morgan fingerprint density at radius 1 is 1.43 bits per heavy atom. The van der Waals surface area contributed by atoms with Crippen molar-refractivity contribution in [3.05, 3.63) is 40.9 Å². The third kappa shape index (κ3) is 3.47. The molecule has 0 bridgehead atoms. The van der Waals surface area contributed by atoms with Gasteiger partial charge in [-0.05, 0) is 42.2 Å². The van der Waals surface area contributed by atoms with Gasteiger partial charge < -0.3 is 10.2 Å². The summed E-state index contributed by atoms with van der Waals surface area (Å²) in [4.78, 5) is 15.5. The van der Waals surface area contributed by atoms with Crippen molar-refractivity contribution in [1.82, 2.24) is 14.7 Å². The van der Waals surface area contributed by atoms with Crippen LogP contribution in [0, 0.1) is 5.92 Å². The quantitative estimate of drug-likeness (QED) is 0.931. The number of carbonyl (C=O) groups is 1. The Bertz CT molecular complexity index is 715. The third-order valence-electron chi connectivity index (χ3n) is 4.36. The molecule has 1 fully saturated rings. The summed E-state index contributed by atoms with van der Waals surface area (Å²) in [6.07, 6.45) is 9.33. The van der Waals surface area contributed by atoms with Crippen LogP contribution in [0.1, 0.15) is 24.1 Å². The van der Waals surface area contributed by atoms with E-state index in [2.05, 4.69) is 34.0 Å². The van der Waals surface area contributed by atoms with Crippen LogP contribution in [-0.2, 0) is 6.54 Å². The summed E-state index contributed by atoms with van der Waals surface area (Å²) in [7, 11) is 0. The highest BCUT2D eigenvalue weighted by Crippen LogP contribution is 2.30. The summed E-state index contributed by atoms with van der Waals surface area (Å²) >= 11 is 1.76. The number of amides is 2. The minimum atomic E-state index is -0.0440. The van der Waals surface area contributed by atoms with Gasteiger partial charge in [-0.25, -0.2) is 4.79 Å². The molecular weight excluding hydrogens is 308 g/mol. The van der Waals surface area contributed by atoms with E-state index in [9.17, 15) is 4.79 Å². The Hall–Kier alpha value is -2.08. The van der Waals surface area contributed by atoms with Gasteiger partial charge in [-0.1, -0.05) is 12.1 Å². The van der Waals surface area contributed by atoms with E-state index >= 15 is 0 Å². The third-order valence-corrected chi connectivity index (χ3v) is 5.31. The lowest BCUT2D eigenvalue weighted by Gasteiger charge is -2.26. The molecule has 5 nitrogen and oxygen atoms in total. The molecule has 0 spiro atoms. The summed E-state index contributed by atoms with van der Waals surface area (Å²) in [5, 5.41) is 9.36. The van der Waals surface area contributed by atoms with Gasteiger partial charge in [0.25, 0.3) is 0 Å². The first-order valence-electron chi connectivity index (χ1n) is 8.09. The molecule has 0 unspecified atom stereocenters. The maximum Gasteiger partial charge on any atom is 0.322 e. The predicted molar refractivity (Wildman–Crippen MR) is 92.5 cm³/mol. The zero-order chi connectivity index (χ0) is 15.6. The Morgan fingerprint density at radius 3 is 3.04 bits per heavy atom. The van der Waals surface area contributed by atoms with Crippen molar-refractivity contribution in [1.29, 1.82) is 0 Å². The van der Waals surface area contributed by atoms with Crippen LogP contribution in [-0.4, -0.2) is 33.8 Å². The van der Waals surface area contributed by atoms with Crippen LogP contribution in [0.5, 0.6) is 0 Å². The number of carbonyl (C=O) groups excluding carboxylic acids is 1. The minimum Gasteiger partial charge on any atom is -0.320 e. The highest BCUT2D eigenvalue weighted by Gasteiger charge is 2.22. The van der Waals surface area contributed by atoms with Crippen LogP contribution in [0.25, 0.3) is 5.57 Å². The van der Waals surface area contributed by atoms with Gasteiger partial charge in [-0.15, -0.1) is 11.3 Å². The number of nitrogens with one attached hydrogen (secondary N) is 1. The van der Waals surface area contributed by atoms with Gasteiger partial charge in [0.2, 0.25) is 0 Å². The van der Waals surface area contributed by atoms with Crippen LogP contribution in [0.3, 0.4) is 0 Å². The van der Waals surface area contributed by atoms with Crippen molar-refractivity contribution >= 4 is 28.6 Å². The van der Waals surface area contributed by atoms with Crippen molar-refractivity contribution in [2.24, 2.45) is 5.92 Å². The number of nitrogens with zero attached hydrogens (tertiary/aromatic N) is 3. The fraction of sp³-hybridized carbons (Fsp3) is 0.412. The molecule has 0 aromatic carbocycles. The van der Waals surface area contributed by atoms with Crippen molar-refractivity contribution in [2.45, 2.75) is 25.8 Å². The second-order valence-corrected chi connectivity index (χ2v) is 7.17. The largest absolute Gasteiger partial charge is 0.322 e. The van der Waals surface area contributed by atoms with Crippen molar-refractivity contribution in [2.75, 3.05) is 18.4 Å². The lowest BCUT2D eigenvalue weighted by Crippen LogP contribution is -2.37. The SMILES string of the molecule is O=C(Nc1cnn(CC2CC2)c1)N1CC=C(c2cccs2)CC1. The molecule has 23 heavy (non-hydrogen) atoms. The van der Waals surface area contributed by atoms with Gasteiger partial charge in [0, 0.05) is 30.7 Å². The molecule has 2 aromatic heterocycles. The number of anilines is 1. The fourth-order valence-electron chi connectivity index (χ4n) is 2.83. The monoisotopic (exact) mass is 328 g/mol. The zero-order valence-corrected chi connectivity index (χ0v) is 13.8. The van der Waals surface area contributed by atoms with E-state index in [0.717, 1.165) is 31.1 Å². The molecule has 1 aliphatic heterocycles. The Balaban J connectivity index is 1.33. The summed E-state index contributed by atoms with van der Waals surface area (Å²) < 4.78 is 1.93. The number of thiophene rings is 1. The van der Waals surface area contributed by atoms with E-state index in [1.807, 2.05) is 15.8 Å². The van der Waals surface area contributed by atoms with Crippen LogP contribution >= 0.6 is 11.3 Å². The van der Waals surface area contributed by atoms with Gasteiger partial charge in [0.15, 0.2) is 0 Å². The molecule has 0 saturated heterocycles. The Labute approximate surface area is 139 Å². The number of aromatic nitrogens is 2. The maximum absolute atomic E-state index is 12.4. The van der Waals surface area contributed by atoms with E-state index in [0.29, 0.717) is 6.54 Å². The Morgan fingerprint density at radius 2 is 2.35 bits per heavy atom. The number of urea groups is 1. The lowest BCUT2D eigenvalue weighted by molar-refractivity contribution is 0.217. The number of hydrogen-bond acceptors (Lipinski definition) is 3. The first-order valence-corrected chi connectivity index (χ1v) is 8.97. The van der Waals surface area contributed by atoms with Crippen LogP contribution < -0.4 is 5.32 Å². The van der Waals surface area contributed by atoms with E-state index in [1.165, 1.54) is 23.3 Å². The molecule has 0 radical (unpaired) electrons. The standard InChI is InChI=1S/C17H20N4OS/c22-17(19-15-10-18-21(12-15)11-13-3-4-13)20-7-5-14(6-8-20)16-2-1-9-23-16/h1-2,5,9-10,12-13H,3-4,6-8,11H2,(H,19,22). The molecule has 0 atom stereocenters. The topological polar surface area (TPSA) is 50.2 Å². The van der Waals surface area contributed by atoms with Crippen molar-refractivity contribution in [3.8, 4) is 0 Å². The molecule has 120 valence electrons. The van der Waals surface area contributed by atoms with Gasteiger partial charge in [0.1, 0.15) is 0 Å². The maximum atomic E-state index is 12.4. The molecule has 2 aromatic rings. The minimum absolute atomic E-state index is 0.0440. The summed E-state index contributed by atoms with van der Waals surface area (Å²) in [6, 6.07) is 4.16. The van der Waals surface area contributed by atoms with Crippen LogP contribution in [0.4, 0.5) is 10.5 Å². The Kier molecular flexibility index (Phi) is 3.91. The summed E-state index contributed by atoms with van der Waals surface area (Å²) in [5.74, 6) is 0.779. The number of rotatable bonds is 4. The van der Waals surface area contributed by atoms with Crippen LogP contribution in [0.15, 0.2) is 36.0 Å². The normalized spacial score (nSPS) is 17.9. The van der Waals surface area contributed by atoms with Crippen LogP contribution in [0.2, 0.25) is 0 Å². The smallest absolute Gasteiger partial charge is 0.320 e. The van der Waals surface area contributed by atoms with Crippen molar-refractivity contribution in [3.63, 3.8) is 0 Å².